The molecule has 1 aliphatic carbocycles. The summed E-state index contributed by atoms with van der Waals surface area (Å²) < 4.78 is 38.6. The van der Waals surface area contributed by atoms with Gasteiger partial charge in [0.05, 0.1) is 17.8 Å². The average molecular weight is 324 g/mol. The van der Waals surface area contributed by atoms with E-state index in [9.17, 15) is 13.2 Å². The minimum absolute atomic E-state index is 0.105. The van der Waals surface area contributed by atoms with Crippen molar-refractivity contribution in [3.8, 4) is 11.3 Å². The number of hydrogen-bond acceptors (Lipinski definition) is 3. The minimum atomic E-state index is -4.09. The van der Waals surface area contributed by atoms with E-state index in [-0.39, 0.29) is 18.9 Å². The molecule has 2 atom stereocenters. The van der Waals surface area contributed by atoms with Crippen LogP contribution in [-0.2, 0) is 6.54 Å². The maximum absolute atomic E-state index is 12.9. The highest BCUT2D eigenvalue weighted by atomic mass is 19.4. The van der Waals surface area contributed by atoms with Crippen molar-refractivity contribution in [1.29, 1.82) is 0 Å². The average Bonchev–Trinajstić information content (AvgIpc) is 3.02. The summed E-state index contributed by atoms with van der Waals surface area (Å²) in [6, 6.07) is 3.65. The van der Waals surface area contributed by atoms with Gasteiger partial charge in [0.1, 0.15) is 0 Å². The molecule has 0 amide bonds. The third kappa shape index (κ3) is 3.90. The lowest BCUT2D eigenvalue weighted by atomic mass is 9.85. The van der Waals surface area contributed by atoms with E-state index in [1.807, 2.05) is 12.1 Å². The number of nitrogens with zero attached hydrogens (tertiary/aromatic N) is 2. The molecule has 3 rings (SSSR count). The molecule has 0 aromatic carbocycles. The van der Waals surface area contributed by atoms with Gasteiger partial charge in [0.2, 0.25) is 0 Å². The van der Waals surface area contributed by atoms with Gasteiger partial charge in [0.15, 0.2) is 0 Å². The van der Waals surface area contributed by atoms with Crippen molar-refractivity contribution in [3.63, 3.8) is 0 Å². The zero-order valence-corrected chi connectivity index (χ0v) is 12.6. The Balaban J connectivity index is 1.62. The SMILES string of the molecule is FC(F)(F)[C@H]1CCC[C@H](NCc2cn[nH]c2-c2cccnc2)C1. The summed E-state index contributed by atoms with van der Waals surface area (Å²) in [5.74, 6) is -1.18. The summed E-state index contributed by atoms with van der Waals surface area (Å²) in [5.41, 5.74) is 2.71. The molecule has 1 saturated carbocycles. The van der Waals surface area contributed by atoms with E-state index in [0.29, 0.717) is 13.0 Å². The first-order valence-electron chi connectivity index (χ1n) is 7.77. The molecule has 0 saturated heterocycles. The van der Waals surface area contributed by atoms with Crippen molar-refractivity contribution in [3.05, 3.63) is 36.3 Å². The molecule has 4 nitrogen and oxygen atoms in total. The largest absolute Gasteiger partial charge is 0.391 e. The van der Waals surface area contributed by atoms with E-state index in [1.54, 1.807) is 18.6 Å². The first-order valence-corrected chi connectivity index (χ1v) is 7.77. The number of pyridine rings is 1. The van der Waals surface area contributed by atoms with E-state index >= 15 is 0 Å². The molecule has 23 heavy (non-hydrogen) atoms. The van der Waals surface area contributed by atoms with Gasteiger partial charge in [0.25, 0.3) is 0 Å². The Morgan fingerprint density at radius 3 is 2.87 bits per heavy atom. The number of halogens is 3. The quantitative estimate of drug-likeness (QED) is 0.902. The Morgan fingerprint density at radius 1 is 1.26 bits per heavy atom. The predicted molar refractivity (Wildman–Crippen MR) is 80.5 cm³/mol. The molecule has 0 unspecified atom stereocenters. The monoisotopic (exact) mass is 324 g/mol. The maximum Gasteiger partial charge on any atom is 0.391 e. The fourth-order valence-corrected chi connectivity index (χ4v) is 3.13. The lowest BCUT2D eigenvalue weighted by Gasteiger charge is -2.31. The lowest BCUT2D eigenvalue weighted by molar-refractivity contribution is -0.183. The number of H-pyrrole nitrogens is 1. The zero-order valence-electron chi connectivity index (χ0n) is 12.6. The third-order valence-electron chi connectivity index (χ3n) is 4.39. The van der Waals surface area contributed by atoms with Crippen LogP contribution in [0.25, 0.3) is 11.3 Å². The van der Waals surface area contributed by atoms with Crippen molar-refractivity contribution in [2.24, 2.45) is 5.92 Å². The maximum atomic E-state index is 12.9. The van der Waals surface area contributed by atoms with Gasteiger partial charge in [-0.2, -0.15) is 18.3 Å². The van der Waals surface area contributed by atoms with E-state index in [2.05, 4.69) is 20.5 Å². The Hall–Kier alpha value is -1.89. The highest BCUT2D eigenvalue weighted by Crippen LogP contribution is 2.37. The number of aromatic amines is 1. The first kappa shape index (κ1) is 16.0. The van der Waals surface area contributed by atoms with Crippen molar-refractivity contribution in [2.45, 2.75) is 44.4 Å². The topological polar surface area (TPSA) is 53.6 Å². The summed E-state index contributed by atoms with van der Waals surface area (Å²) >= 11 is 0. The molecular formula is C16H19F3N4. The fourth-order valence-electron chi connectivity index (χ4n) is 3.13. The summed E-state index contributed by atoms with van der Waals surface area (Å²) in [4.78, 5) is 4.08. The Kier molecular flexibility index (Phi) is 4.66. The second-order valence-corrected chi connectivity index (χ2v) is 5.99. The standard InChI is InChI=1S/C16H19F3N4/c17-16(18,19)13-4-1-5-14(7-13)21-9-12-10-22-23-15(12)11-3-2-6-20-8-11/h2-3,6,8,10,13-14,21H,1,4-5,7,9H2,(H,22,23)/t13-,14-/m0/s1. The molecule has 1 fully saturated rings. The number of alkyl halides is 3. The van der Waals surface area contributed by atoms with Crippen LogP contribution in [0.3, 0.4) is 0 Å². The van der Waals surface area contributed by atoms with Crippen LogP contribution in [0.5, 0.6) is 0 Å². The van der Waals surface area contributed by atoms with E-state index in [0.717, 1.165) is 23.2 Å². The van der Waals surface area contributed by atoms with E-state index in [1.165, 1.54) is 0 Å². The van der Waals surface area contributed by atoms with Crippen LogP contribution in [-0.4, -0.2) is 27.4 Å². The van der Waals surface area contributed by atoms with Crippen molar-refractivity contribution >= 4 is 0 Å². The van der Waals surface area contributed by atoms with Gasteiger partial charge in [-0.3, -0.25) is 10.1 Å². The van der Waals surface area contributed by atoms with Gasteiger partial charge in [-0.05, 0) is 31.4 Å². The molecule has 2 N–H and O–H groups in total. The van der Waals surface area contributed by atoms with Crippen LogP contribution < -0.4 is 5.32 Å². The number of aromatic nitrogens is 3. The Labute approximate surface area is 132 Å². The van der Waals surface area contributed by atoms with Crippen molar-refractivity contribution in [1.82, 2.24) is 20.5 Å². The number of nitrogens with one attached hydrogen (secondary N) is 2. The van der Waals surface area contributed by atoms with Crippen LogP contribution in [0.1, 0.15) is 31.2 Å². The summed E-state index contributed by atoms with van der Waals surface area (Å²) in [6.45, 7) is 0.496. The van der Waals surface area contributed by atoms with Crippen LogP contribution in [0.4, 0.5) is 13.2 Å². The molecule has 124 valence electrons. The Bertz CT molecular complexity index is 624. The molecule has 0 radical (unpaired) electrons. The van der Waals surface area contributed by atoms with Crippen LogP contribution in [0.15, 0.2) is 30.7 Å². The van der Waals surface area contributed by atoms with Crippen molar-refractivity contribution in [2.75, 3.05) is 0 Å². The first-order chi connectivity index (χ1) is 11.0. The van der Waals surface area contributed by atoms with Gasteiger partial charge in [-0.15, -0.1) is 0 Å². The molecule has 0 bridgehead atoms. The summed E-state index contributed by atoms with van der Waals surface area (Å²) in [7, 11) is 0. The second-order valence-electron chi connectivity index (χ2n) is 5.99. The number of hydrogen-bond donors (Lipinski definition) is 2. The van der Waals surface area contributed by atoms with Gasteiger partial charge in [0, 0.05) is 36.1 Å². The Morgan fingerprint density at radius 2 is 2.13 bits per heavy atom. The van der Waals surface area contributed by atoms with Gasteiger partial charge >= 0.3 is 6.18 Å². The van der Waals surface area contributed by atoms with Crippen LogP contribution >= 0.6 is 0 Å². The highest BCUT2D eigenvalue weighted by Gasteiger charge is 2.42. The summed E-state index contributed by atoms with van der Waals surface area (Å²) in [6.07, 6.45) is 2.85. The van der Waals surface area contributed by atoms with E-state index < -0.39 is 12.1 Å². The fraction of sp³-hybridized carbons (Fsp3) is 0.500. The van der Waals surface area contributed by atoms with Gasteiger partial charge in [-0.1, -0.05) is 6.42 Å². The molecule has 2 aromatic heterocycles. The van der Waals surface area contributed by atoms with Gasteiger partial charge in [-0.25, -0.2) is 0 Å². The van der Waals surface area contributed by atoms with Gasteiger partial charge < -0.3 is 5.32 Å². The highest BCUT2D eigenvalue weighted by molar-refractivity contribution is 5.61. The van der Waals surface area contributed by atoms with E-state index in [4.69, 9.17) is 0 Å². The molecule has 0 spiro atoms. The van der Waals surface area contributed by atoms with Crippen molar-refractivity contribution < 1.29 is 13.2 Å². The predicted octanol–water partition coefficient (Wildman–Crippen LogP) is 3.68. The molecule has 2 aromatic rings. The summed E-state index contributed by atoms with van der Waals surface area (Å²) in [5, 5.41) is 10.2. The third-order valence-corrected chi connectivity index (χ3v) is 4.39. The minimum Gasteiger partial charge on any atom is -0.310 e. The second kappa shape index (κ2) is 6.70. The molecule has 2 heterocycles. The zero-order chi connectivity index (χ0) is 16.3. The lowest BCUT2D eigenvalue weighted by Crippen LogP contribution is -2.38. The molecular weight excluding hydrogens is 305 g/mol. The van der Waals surface area contributed by atoms with Crippen LogP contribution in [0.2, 0.25) is 0 Å². The smallest absolute Gasteiger partial charge is 0.310 e. The normalized spacial score (nSPS) is 22.2. The number of rotatable bonds is 4. The molecule has 7 heteroatoms. The molecule has 1 aliphatic rings. The molecule has 0 aliphatic heterocycles. The van der Waals surface area contributed by atoms with Crippen LogP contribution in [0, 0.1) is 5.92 Å².